The zero-order valence-corrected chi connectivity index (χ0v) is 10.8. The molecule has 4 heteroatoms. The Kier molecular flexibility index (Phi) is 3.84. The third-order valence-electron chi connectivity index (χ3n) is 3.52. The molecule has 2 atom stereocenters. The van der Waals surface area contributed by atoms with Gasteiger partial charge in [0, 0.05) is 17.8 Å². The van der Waals surface area contributed by atoms with Gasteiger partial charge in [-0.2, -0.15) is 0 Å². The molecule has 1 fully saturated rings. The Morgan fingerprint density at radius 3 is 2.33 bits per heavy atom. The molecule has 1 aliphatic rings. The second-order valence-electron chi connectivity index (χ2n) is 4.97. The average molecular weight is 250 g/mol. The Labute approximate surface area is 107 Å². The first-order valence-corrected chi connectivity index (χ1v) is 6.43. The van der Waals surface area contributed by atoms with Crippen molar-refractivity contribution in [2.24, 2.45) is 0 Å². The molecule has 0 aromatic heterocycles. The van der Waals surface area contributed by atoms with E-state index >= 15 is 0 Å². The third kappa shape index (κ3) is 2.81. The summed E-state index contributed by atoms with van der Waals surface area (Å²) in [6.45, 7) is 4.14. The lowest BCUT2D eigenvalue weighted by Gasteiger charge is -2.38. The standard InChI is InChI=1S/C14H19FN2O/c1-10-4-3-5-11(2)17(10)14(18)16-13-8-6-12(15)7-9-13/h6-11H,3-5H2,1-2H3,(H,16,18)/t10-,11+. The highest BCUT2D eigenvalue weighted by molar-refractivity contribution is 5.89. The maximum Gasteiger partial charge on any atom is 0.322 e. The van der Waals surface area contributed by atoms with Gasteiger partial charge in [-0.1, -0.05) is 0 Å². The van der Waals surface area contributed by atoms with Crippen molar-refractivity contribution in [2.75, 3.05) is 5.32 Å². The Balaban J connectivity index is 2.04. The molecule has 0 saturated carbocycles. The van der Waals surface area contributed by atoms with E-state index in [1.54, 1.807) is 12.1 Å². The Hall–Kier alpha value is -1.58. The van der Waals surface area contributed by atoms with Crippen molar-refractivity contribution in [3.63, 3.8) is 0 Å². The van der Waals surface area contributed by atoms with E-state index in [2.05, 4.69) is 19.2 Å². The molecule has 2 rings (SSSR count). The van der Waals surface area contributed by atoms with Crippen molar-refractivity contribution in [1.82, 2.24) is 4.90 Å². The Morgan fingerprint density at radius 1 is 1.22 bits per heavy atom. The number of nitrogens with zero attached hydrogens (tertiary/aromatic N) is 1. The van der Waals surface area contributed by atoms with Crippen molar-refractivity contribution in [3.05, 3.63) is 30.1 Å². The number of amides is 2. The van der Waals surface area contributed by atoms with Crippen LogP contribution in [0.25, 0.3) is 0 Å². The molecule has 0 radical (unpaired) electrons. The summed E-state index contributed by atoms with van der Waals surface area (Å²) in [5, 5.41) is 2.82. The minimum atomic E-state index is -0.298. The first kappa shape index (κ1) is 12.9. The summed E-state index contributed by atoms with van der Waals surface area (Å²) in [7, 11) is 0. The summed E-state index contributed by atoms with van der Waals surface area (Å²) in [5.74, 6) is -0.298. The first-order valence-electron chi connectivity index (χ1n) is 6.43. The van der Waals surface area contributed by atoms with Crippen LogP contribution in [0.3, 0.4) is 0 Å². The molecule has 18 heavy (non-hydrogen) atoms. The van der Waals surface area contributed by atoms with Crippen molar-refractivity contribution in [1.29, 1.82) is 0 Å². The predicted octanol–water partition coefficient (Wildman–Crippen LogP) is 3.62. The summed E-state index contributed by atoms with van der Waals surface area (Å²) in [6, 6.07) is 6.26. The molecule has 0 unspecified atom stereocenters. The van der Waals surface area contributed by atoms with Gasteiger partial charge in [0.15, 0.2) is 0 Å². The molecule has 1 aromatic rings. The van der Waals surface area contributed by atoms with E-state index in [-0.39, 0.29) is 23.9 Å². The van der Waals surface area contributed by atoms with Crippen molar-refractivity contribution < 1.29 is 9.18 Å². The van der Waals surface area contributed by atoms with Crippen LogP contribution in [-0.4, -0.2) is 23.0 Å². The van der Waals surface area contributed by atoms with E-state index in [0.717, 1.165) is 12.8 Å². The number of hydrogen-bond acceptors (Lipinski definition) is 1. The second kappa shape index (κ2) is 5.38. The number of likely N-dealkylation sites (tertiary alicyclic amines) is 1. The molecule has 98 valence electrons. The number of benzene rings is 1. The number of carbonyl (C=O) groups is 1. The summed E-state index contributed by atoms with van der Waals surface area (Å²) in [5.41, 5.74) is 0.631. The van der Waals surface area contributed by atoms with E-state index in [1.165, 1.54) is 18.6 Å². The summed E-state index contributed by atoms with van der Waals surface area (Å²) < 4.78 is 12.8. The van der Waals surface area contributed by atoms with Crippen LogP contribution < -0.4 is 5.32 Å². The molecule has 1 heterocycles. The number of carbonyl (C=O) groups excluding carboxylic acids is 1. The molecule has 0 aliphatic carbocycles. The van der Waals surface area contributed by atoms with Gasteiger partial charge in [0.1, 0.15) is 5.82 Å². The topological polar surface area (TPSA) is 32.3 Å². The van der Waals surface area contributed by atoms with Crippen LogP contribution >= 0.6 is 0 Å². The van der Waals surface area contributed by atoms with Gasteiger partial charge in [-0.3, -0.25) is 0 Å². The highest BCUT2D eigenvalue weighted by atomic mass is 19.1. The highest BCUT2D eigenvalue weighted by Crippen LogP contribution is 2.23. The van der Waals surface area contributed by atoms with Gasteiger partial charge in [-0.15, -0.1) is 0 Å². The zero-order chi connectivity index (χ0) is 13.1. The minimum Gasteiger partial charge on any atom is -0.319 e. The van der Waals surface area contributed by atoms with E-state index < -0.39 is 0 Å². The fraction of sp³-hybridized carbons (Fsp3) is 0.500. The van der Waals surface area contributed by atoms with Crippen molar-refractivity contribution in [3.8, 4) is 0 Å². The van der Waals surface area contributed by atoms with E-state index in [4.69, 9.17) is 0 Å². The van der Waals surface area contributed by atoms with Crippen LogP contribution in [0.4, 0.5) is 14.9 Å². The van der Waals surface area contributed by atoms with Crippen LogP contribution in [0.1, 0.15) is 33.1 Å². The number of urea groups is 1. The lowest BCUT2D eigenvalue weighted by molar-refractivity contribution is 0.133. The largest absolute Gasteiger partial charge is 0.322 e. The normalized spacial score (nSPS) is 23.8. The van der Waals surface area contributed by atoms with Gasteiger partial charge in [-0.05, 0) is 57.4 Å². The monoisotopic (exact) mass is 250 g/mol. The van der Waals surface area contributed by atoms with Gasteiger partial charge in [0.25, 0.3) is 0 Å². The first-order chi connectivity index (χ1) is 8.58. The Bertz CT molecular complexity index is 408. The minimum absolute atomic E-state index is 0.0960. The molecular weight excluding hydrogens is 231 g/mol. The van der Waals surface area contributed by atoms with Crippen LogP contribution in [0.15, 0.2) is 24.3 Å². The Morgan fingerprint density at radius 2 is 1.78 bits per heavy atom. The van der Waals surface area contributed by atoms with E-state index in [9.17, 15) is 9.18 Å². The highest BCUT2D eigenvalue weighted by Gasteiger charge is 2.28. The predicted molar refractivity (Wildman–Crippen MR) is 70.0 cm³/mol. The molecule has 1 aliphatic heterocycles. The molecule has 2 amide bonds. The fourth-order valence-corrected chi connectivity index (χ4v) is 2.54. The molecule has 0 spiro atoms. The molecular formula is C14H19FN2O. The molecule has 0 bridgehead atoms. The quantitative estimate of drug-likeness (QED) is 0.811. The van der Waals surface area contributed by atoms with Crippen LogP contribution in [-0.2, 0) is 0 Å². The fourth-order valence-electron chi connectivity index (χ4n) is 2.54. The van der Waals surface area contributed by atoms with Crippen molar-refractivity contribution in [2.45, 2.75) is 45.2 Å². The van der Waals surface area contributed by atoms with Gasteiger partial charge >= 0.3 is 6.03 Å². The number of anilines is 1. The van der Waals surface area contributed by atoms with E-state index in [1.807, 2.05) is 4.90 Å². The lowest BCUT2D eigenvalue weighted by atomic mass is 9.98. The second-order valence-corrected chi connectivity index (χ2v) is 4.97. The number of hydrogen-bond donors (Lipinski definition) is 1. The number of piperidine rings is 1. The van der Waals surface area contributed by atoms with Crippen molar-refractivity contribution >= 4 is 11.7 Å². The van der Waals surface area contributed by atoms with Crippen LogP contribution in [0, 0.1) is 5.82 Å². The third-order valence-corrected chi connectivity index (χ3v) is 3.52. The van der Waals surface area contributed by atoms with Gasteiger partial charge < -0.3 is 10.2 Å². The van der Waals surface area contributed by atoms with Crippen LogP contribution in [0.2, 0.25) is 0 Å². The molecule has 3 nitrogen and oxygen atoms in total. The average Bonchev–Trinajstić information content (AvgIpc) is 2.32. The number of rotatable bonds is 1. The maximum atomic E-state index is 12.8. The number of nitrogens with one attached hydrogen (secondary N) is 1. The number of halogens is 1. The smallest absolute Gasteiger partial charge is 0.319 e. The summed E-state index contributed by atoms with van der Waals surface area (Å²) in [4.78, 5) is 14.1. The zero-order valence-electron chi connectivity index (χ0n) is 10.8. The van der Waals surface area contributed by atoms with Gasteiger partial charge in [-0.25, -0.2) is 9.18 Å². The lowest BCUT2D eigenvalue weighted by Crippen LogP contribution is -2.49. The molecule has 1 saturated heterocycles. The SMILES string of the molecule is C[C@@H]1CCC[C@H](C)N1C(=O)Nc1ccc(F)cc1. The maximum absolute atomic E-state index is 12.8. The summed E-state index contributed by atoms with van der Waals surface area (Å²) in [6.07, 6.45) is 3.25. The van der Waals surface area contributed by atoms with Gasteiger partial charge in [0.2, 0.25) is 0 Å². The molecule has 1 N–H and O–H groups in total. The molecule has 1 aromatic carbocycles. The van der Waals surface area contributed by atoms with Crippen LogP contribution in [0.5, 0.6) is 0 Å². The summed E-state index contributed by atoms with van der Waals surface area (Å²) >= 11 is 0. The van der Waals surface area contributed by atoms with E-state index in [0.29, 0.717) is 5.69 Å². The van der Waals surface area contributed by atoms with Gasteiger partial charge in [0.05, 0.1) is 0 Å².